The lowest BCUT2D eigenvalue weighted by atomic mass is 10.2. The highest BCUT2D eigenvalue weighted by molar-refractivity contribution is 7.98. The zero-order valence-corrected chi connectivity index (χ0v) is 12.7. The average Bonchev–Trinajstić information content (AvgIpc) is 2.37. The Kier molecular flexibility index (Phi) is 6.98. The molecule has 0 amide bonds. The Hall–Kier alpha value is -0.870. The minimum atomic E-state index is 0.749. The van der Waals surface area contributed by atoms with E-state index in [1.807, 2.05) is 43.1 Å². The molecule has 0 saturated carbocycles. The van der Waals surface area contributed by atoms with Gasteiger partial charge < -0.3 is 10.2 Å². The second kappa shape index (κ2) is 8.27. The van der Waals surface area contributed by atoms with Crippen LogP contribution < -0.4 is 5.32 Å². The highest BCUT2D eigenvalue weighted by Crippen LogP contribution is 2.16. The van der Waals surface area contributed by atoms with Gasteiger partial charge in [0, 0.05) is 38.0 Å². The summed E-state index contributed by atoms with van der Waals surface area (Å²) in [6.07, 6.45) is 2.10. The molecule has 0 saturated heterocycles. The Morgan fingerprint density at radius 2 is 2.17 bits per heavy atom. The molecule has 1 rings (SSSR count). The smallest absolute Gasteiger partial charge is 0.193 e. The molecular weight excluding hydrogens is 266 g/mol. The van der Waals surface area contributed by atoms with Crippen molar-refractivity contribution in [3.8, 4) is 0 Å². The fourth-order valence-electron chi connectivity index (χ4n) is 1.61. The van der Waals surface area contributed by atoms with Gasteiger partial charge in [-0.05, 0) is 17.9 Å². The molecule has 3 nitrogen and oxygen atoms in total. The fourth-order valence-corrected chi connectivity index (χ4v) is 2.11. The van der Waals surface area contributed by atoms with E-state index in [9.17, 15) is 0 Å². The minimum absolute atomic E-state index is 0.749. The SMILES string of the molecule is CN=C(NCCSC)N(C)Cc1ccccc1Cl. The van der Waals surface area contributed by atoms with Crippen molar-refractivity contribution in [2.45, 2.75) is 6.54 Å². The first-order valence-electron chi connectivity index (χ1n) is 5.83. The summed E-state index contributed by atoms with van der Waals surface area (Å²) in [6, 6.07) is 7.89. The number of nitrogens with one attached hydrogen (secondary N) is 1. The summed E-state index contributed by atoms with van der Waals surface area (Å²) in [6.45, 7) is 1.67. The van der Waals surface area contributed by atoms with E-state index < -0.39 is 0 Å². The molecule has 0 unspecified atom stereocenters. The van der Waals surface area contributed by atoms with Crippen LogP contribution in [0.4, 0.5) is 0 Å². The number of guanidine groups is 1. The van der Waals surface area contributed by atoms with Gasteiger partial charge in [0.05, 0.1) is 0 Å². The van der Waals surface area contributed by atoms with Gasteiger partial charge >= 0.3 is 0 Å². The summed E-state index contributed by atoms with van der Waals surface area (Å²) in [5.41, 5.74) is 1.11. The first kappa shape index (κ1) is 15.2. The van der Waals surface area contributed by atoms with E-state index in [1.54, 1.807) is 7.05 Å². The summed E-state index contributed by atoms with van der Waals surface area (Å²) in [5.74, 6) is 1.96. The van der Waals surface area contributed by atoms with Gasteiger partial charge in [0.2, 0.25) is 0 Å². The standard InChI is InChI=1S/C13H20ClN3S/c1-15-13(16-8-9-18-3)17(2)10-11-6-4-5-7-12(11)14/h4-7H,8-10H2,1-3H3,(H,15,16). The predicted octanol–water partition coefficient (Wildman–Crippen LogP) is 2.71. The van der Waals surface area contributed by atoms with Crippen LogP contribution in [0.25, 0.3) is 0 Å². The van der Waals surface area contributed by atoms with Gasteiger partial charge in [0.15, 0.2) is 5.96 Å². The van der Waals surface area contributed by atoms with Crippen LogP contribution in [0, 0.1) is 0 Å². The third-order valence-electron chi connectivity index (χ3n) is 2.53. The molecule has 0 radical (unpaired) electrons. The first-order valence-corrected chi connectivity index (χ1v) is 7.60. The number of benzene rings is 1. The lowest BCUT2D eigenvalue weighted by Crippen LogP contribution is -2.39. The van der Waals surface area contributed by atoms with Crippen LogP contribution in [0.3, 0.4) is 0 Å². The van der Waals surface area contributed by atoms with Crippen molar-refractivity contribution < 1.29 is 0 Å². The van der Waals surface area contributed by atoms with Crippen molar-refractivity contribution in [2.24, 2.45) is 4.99 Å². The van der Waals surface area contributed by atoms with Crippen LogP contribution in [0.15, 0.2) is 29.3 Å². The van der Waals surface area contributed by atoms with Gasteiger partial charge in [-0.25, -0.2) is 0 Å². The third-order valence-corrected chi connectivity index (χ3v) is 3.51. The maximum absolute atomic E-state index is 6.15. The molecule has 1 N–H and O–H groups in total. The average molecular weight is 286 g/mol. The molecule has 18 heavy (non-hydrogen) atoms. The molecule has 0 bridgehead atoms. The van der Waals surface area contributed by atoms with Crippen molar-refractivity contribution in [1.82, 2.24) is 10.2 Å². The van der Waals surface area contributed by atoms with E-state index in [0.29, 0.717) is 0 Å². The van der Waals surface area contributed by atoms with Crippen LogP contribution in [-0.2, 0) is 6.54 Å². The number of nitrogens with zero attached hydrogens (tertiary/aromatic N) is 2. The van der Waals surface area contributed by atoms with E-state index in [1.165, 1.54) is 0 Å². The van der Waals surface area contributed by atoms with Gasteiger partial charge in [-0.2, -0.15) is 11.8 Å². The van der Waals surface area contributed by atoms with E-state index in [4.69, 9.17) is 11.6 Å². The summed E-state index contributed by atoms with van der Waals surface area (Å²) >= 11 is 7.97. The normalized spacial score (nSPS) is 11.4. The van der Waals surface area contributed by atoms with E-state index in [0.717, 1.165) is 35.4 Å². The van der Waals surface area contributed by atoms with E-state index in [2.05, 4.69) is 21.5 Å². The van der Waals surface area contributed by atoms with Crippen molar-refractivity contribution in [2.75, 3.05) is 32.6 Å². The summed E-state index contributed by atoms with van der Waals surface area (Å²) in [5, 5.41) is 4.12. The topological polar surface area (TPSA) is 27.6 Å². The lowest BCUT2D eigenvalue weighted by molar-refractivity contribution is 0.479. The maximum Gasteiger partial charge on any atom is 0.193 e. The summed E-state index contributed by atoms with van der Waals surface area (Å²) < 4.78 is 0. The molecule has 0 spiro atoms. The number of hydrogen-bond donors (Lipinski definition) is 1. The van der Waals surface area contributed by atoms with E-state index in [-0.39, 0.29) is 0 Å². The number of hydrogen-bond acceptors (Lipinski definition) is 2. The Morgan fingerprint density at radius 1 is 1.44 bits per heavy atom. The molecule has 1 aromatic rings. The quantitative estimate of drug-likeness (QED) is 0.512. The maximum atomic E-state index is 6.15. The molecule has 0 heterocycles. The van der Waals surface area contributed by atoms with Crippen LogP contribution >= 0.6 is 23.4 Å². The van der Waals surface area contributed by atoms with Gasteiger partial charge in [0.1, 0.15) is 0 Å². The first-order chi connectivity index (χ1) is 8.69. The van der Waals surface area contributed by atoms with Crippen molar-refractivity contribution >= 4 is 29.3 Å². The molecule has 0 fully saturated rings. The van der Waals surface area contributed by atoms with Gasteiger partial charge in [-0.1, -0.05) is 29.8 Å². The second-order valence-corrected chi connectivity index (χ2v) is 5.31. The Bertz CT molecular complexity index is 396. The Balaban J connectivity index is 2.58. The van der Waals surface area contributed by atoms with Crippen LogP contribution in [-0.4, -0.2) is 43.5 Å². The Labute approximate surface area is 119 Å². The van der Waals surface area contributed by atoms with Crippen LogP contribution in [0.5, 0.6) is 0 Å². The molecule has 100 valence electrons. The van der Waals surface area contributed by atoms with Gasteiger partial charge in [-0.3, -0.25) is 4.99 Å². The molecular formula is C13H20ClN3S. The second-order valence-electron chi connectivity index (χ2n) is 3.91. The van der Waals surface area contributed by atoms with Gasteiger partial charge in [-0.15, -0.1) is 0 Å². The fraction of sp³-hybridized carbons (Fsp3) is 0.462. The molecule has 0 aromatic heterocycles. The molecule has 0 aliphatic carbocycles. The zero-order chi connectivity index (χ0) is 13.4. The number of halogens is 1. The molecule has 0 atom stereocenters. The highest BCUT2D eigenvalue weighted by atomic mass is 35.5. The predicted molar refractivity (Wildman–Crippen MR) is 82.7 cm³/mol. The molecule has 5 heteroatoms. The summed E-state index contributed by atoms with van der Waals surface area (Å²) in [7, 11) is 3.81. The number of rotatable bonds is 5. The third kappa shape index (κ3) is 4.78. The number of aliphatic imine (C=N–C) groups is 1. The summed E-state index contributed by atoms with van der Waals surface area (Å²) in [4.78, 5) is 6.34. The largest absolute Gasteiger partial charge is 0.355 e. The zero-order valence-electron chi connectivity index (χ0n) is 11.1. The van der Waals surface area contributed by atoms with Crippen molar-refractivity contribution in [3.63, 3.8) is 0 Å². The highest BCUT2D eigenvalue weighted by Gasteiger charge is 2.07. The Morgan fingerprint density at radius 3 is 2.78 bits per heavy atom. The van der Waals surface area contributed by atoms with Crippen molar-refractivity contribution in [3.05, 3.63) is 34.9 Å². The monoisotopic (exact) mass is 285 g/mol. The lowest BCUT2D eigenvalue weighted by Gasteiger charge is -2.22. The van der Waals surface area contributed by atoms with Crippen LogP contribution in [0.1, 0.15) is 5.56 Å². The molecule has 0 aliphatic rings. The van der Waals surface area contributed by atoms with Gasteiger partial charge in [0.25, 0.3) is 0 Å². The van der Waals surface area contributed by atoms with E-state index >= 15 is 0 Å². The molecule has 0 aliphatic heterocycles. The van der Waals surface area contributed by atoms with Crippen LogP contribution in [0.2, 0.25) is 5.02 Å². The van der Waals surface area contributed by atoms with Crippen molar-refractivity contribution in [1.29, 1.82) is 0 Å². The minimum Gasteiger partial charge on any atom is -0.355 e. The molecule has 1 aromatic carbocycles. The number of thioether (sulfide) groups is 1.